The van der Waals surface area contributed by atoms with Gasteiger partial charge in [0.25, 0.3) is 5.91 Å². The highest BCUT2D eigenvalue weighted by Gasteiger charge is 2.15. The monoisotopic (exact) mass is 301 g/mol. The van der Waals surface area contributed by atoms with E-state index in [1.165, 1.54) is 28.4 Å². The number of benzene rings is 2. The number of nitrogens with zero attached hydrogens (tertiary/aromatic N) is 2. The average Bonchev–Trinajstić information content (AvgIpc) is 2.85. The first-order valence-corrected chi connectivity index (χ1v) is 7.06. The van der Waals surface area contributed by atoms with E-state index in [4.69, 9.17) is 5.73 Å². The van der Waals surface area contributed by atoms with Gasteiger partial charge in [-0.2, -0.15) is 0 Å². The third-order valence-electron chi connectivity index (χ3n) is 3.17. The maximum atomic E-state index is 12.9. The number of nitrogens with two attached hydrogens (primary N) is 1. The van der Waals surface area contributed by atoms with Crippen molar-refractivity contribution in [3.05, 3.63) is 53.8 Å². The zero-order chi connectivity index (χ0) is 15.0. The van der Waals surface area contributed by atoms with Crippen molar-refractivity contribution in [2.24, 2.45) is 0 Å². The molecular weight excluding hydrogens is 289 g/mol. The Kier molecular flexibility index (Phi) is 3.31. The number of hydrogen-bond acceptors (Lipinski definition) is 4. The Labute approximate surface area is 124 Å². The molecule has 0 bridgehead atoms. The van der Waals surface area contributed by atoms with E-state index in [1.54, 1.807) is 37.4 Å². The van der Waals surface area contributed by atoms with Crippen LogP contribution >= 0.6 is 11.3 Å². The lowest BCUT2D eigenvalue weighted by molar-refractivity contribution is 0.0993. The molecule has 1 aromatic heterocycles. The van der Waals surface area contributed by atoms with E-state index >= 15 is 0 Å². The van der Waals surface area contributed by atoms with Gasteiger partial charge in [0.1, 0.15) is 5.82 Å². The lowest BCUT2D eigenvalue weighted by Gasteiger charge is -2.17. The molecule has 0 aliphatic carbocycles. The molecule has 1 amide bonds. The molecule has 0 unspecified atom stereocenters. The normalized spacial score (nSPS) is 10.8. The predicted octanol–water partition coefficient (Wildman–Crippen LogP) is 3.29. The summed E-state index contributed by atoms with van der Waals surface area (Å²) in [6.45, 7) is 0. The number of aromatic nitrogens is 1. The van der Waals surface area contributed by atoms with Crippen LogP contribution in [0.25, 0.3) is 10.2 Å². The van der Waals surface area contributed by atoms with E-state index in [0.717, 1.165) is 10.2 Å². The van der Waals surface area contributed by atoms with Crippen LogP contribution in [-0.4, -0.2) is 17.9 Å². The molecule has 0 saturated carbocycles. The first-order valence-electron chi connectivity index (χ1n) is 6.24. The van der Waals surface area contributed by atoms with Gasteiger partial charge in [-0.1, -0.05) is 11.3 Å². The molecule has 0 radical (unpaired) electrons. The molecule has 0 spiro atoms. The summed E-state index contributed by atoms with van der Waals surface area (Å²) in [6, 6.07) is 11.0. The van der Waals surface area contributed by atoms with Crippen molar-refractivity contribution in [3.8, 4) is 0 Å². The smallest absolute Gasteiger partial charge is 0.258 e. The number of thiazole rings is 1. The minimum atomic E-state index is -0.332. The Balaban J connectivity index is 1.93. The van der Waals surface area contributed by atoms with E-state index in [0.29, 0.717) is 16.4 Å². The minimum absolute atomic E-state index is 0.171. The SMILES string of the molecule is CN(C(=O)c1ccc2nc(N)sc2c1)c1ccc(F)cc1. The first kappa shape index (κ1) is 13.5. The van der Waals surface area contributed by atoms with E-state index < -0.39 is 0 Å². The van der Waals surface area contributed by atoms with Crippen LogP contribution in [0, 0.1) is 5.82 Å². The van der Waals surface area contributed by atoms with Crippen LogP contribution in [0.15, 0.2) is 42.5 Å². The van der Waals surface area contributed by atoms with Gasteiger partial charge in [-0.25, -0.2) is 9.37 Å². The maximum Gasteiger partial charge on any atom is 0.258 e. The molecule has 2 aromatic carbocycles. The Morgan fingerprint density at radius 2 is 1.95 bits per heavy atom. The summed E-state index contributed by atoms with van der Waals surface area (Å²) < 4.78 is 13.8. The average molecular weight is 301 g/mol. The number of halogens is 1. The second-order valence-electron chi connectivity index (χ2n) is 4.58. The van der Waals surface area contributed by atoms with Gasteiger partial charge in [0, 0.05) is 18.3 Å². The number of amides is 1. The molecule has 1 heterocycles. The number of rotatable bonds is 2. The second-order valence-corrected chi connectivity index (χ2v) is 5.64. The van der Waals surface area contributed by atoms with Gasteiger partial charge < -0.3 is 10.6 Å². The van der Waals surface area contributed by atoms with Gasteiger partial charge in [0.2, 0.25) is 0 Å². The Hall–Kier alpha value is -2.47. The number of carbonyl (C=O) groups excluding carboxylic acids is 1. The number of carbonyl (C=O) groups is 1. The van der Waals surface area contributed by atoms with Gasteiger partial charge in [-0.15, -0.1) is 0 Å². The third kappa shape index (κ3) is 2.57. The Morgan fingerprint density at radius 3 is 2.67 bits per heavy atom. The summed E-state index contributed by atoms with van der Waals surface area (Å²) in [5.41, 5.74) is 7.60. The number of fused-ring (bicyclic) bond motifs is 1. The van der Waals surface area contributed by atoms with E-state index in [-0.39, 0.29) is 11.7 Å². The van der Waals surface area contributed by atoms with Crippen molar-refractivity contribution >= 4 is 38.3 Å². The zero-order valence-electron chi connectivity index (χ0n) is 11.2. The van der Waals surface area contributed by atoms with Crippen LogP contribution in [0.4, 0.5) is 15.2 Å². The highest BCUT2D eigenvalue weighted by molar-refractivity contribution is 7.22. The van der Waals surface area contributed by atoms with Crippen molar-refractivity contribution in [2.45, 2.75) is 0 Å². The summed E-state index contributed by atoms with van der Waals surface area (Å²) in [6.07, 6.45) is 0. The highest BCUT2D eigenvalue weighted by atomic mass is 32.1. The van der Waals surface area contributed by atoms with Crippen molar-refractivity contribution in [1.29, 1.82) is 0 Å². The molecule has 106 valence electrons. The summed E-state index contributed by atoms with van der Waals surface area (Å²) in [4.78, 5) is 18.1. The highest BCUT2D eigenvalue weighted by Crippen LogP contribution is 2.25. The number of nitrogen functional groups attached to an aromatic ring is 1. The molecule has 21 heavy (non-hydrogen) atoms. The Bertz CT molecular complexity index is 813. The zero-order valence-corrected chi connectivity index (χ0v) is 12.0. The van der Waals surface area contributed by atoms with Gasteiger partial charge in [-0.3, -0.25) is 4.79 Å². The summed E-state index contributed by atoms with van der Waals surface area (Å²) in [7, 11) is 1.65. The lowest BCUT2D eigenvalue weighted by Crippen LogP contribution is -2.26. The molecule has 3 aromatic rings. The fourth-order valence-corrected chi connectivity index (χ4v) is 2.82. The van der Waals surface area contributed by atoms with Crippen molar-refractivity contribution in [1.82, 2.24) is 4.98 Å². The third-order valence-corrected chi connectivity index (χ3v) is 4.02. The van der Waals surface area contributed by atoms with Gasteiger partial charge >= 0.3 is 0 Å². The maximum absolute atomic E-state index is 12.9. The largest absolute Gasteiger partial charge is 0.375 e. The van der Waals surface area contributed by atoms with Crippen molar-refractivity contribution < 1.29 is 9.18 Å². The Morgan fingerprint density at radius 1 is 1.24 bits per heavy atom. The molecule has 0 saturated heterocycles. The number of anilines is 2. The molecule has 0 atom stereocenters. The fourth-order valence-electron chi connectivity index (χ4n) is 2.05. The molecule has 0 aliphatic rings. The first-order chi connectivity index (χ1) is 10.0. The molecule has 2 N–H and O–H groups in total. The van der Waals surface area contributed by atoms with Gasteiger partial charge in [-0.05, 0) is 42.5 Å². The lowest BCUT2D eigenvalue weighted by atomic mass is 10.2. The molecule has 0 fully saturated rings. The van der Waals surface area contributed by atoms with E-state index in [9.17, 15) is 9.18 Å². The quantitative estimate of drug-likeness (QED) is 0.790. The standard InChI is InChI=1S/C15H12FN3OS/c1-19(11-5-3-10(16)4-6-11)14(20)9-2-7-12-13(8-9)21-15(17)18-12/h2-8H,1H3,(H2,17,18). The summed E-state index contributed by atoms with van der Waals surface area (Å²) in [5.74, 6) is -0.503. The number of hydrogen-bond donors (Lipinski definition) is 1. The van der Waals surface area contributed by atoms with Crippen LogP contribution in [-0.2, 0) is 0 Å². The van der Waals surface area contributed by atoms with Crippen LogP contribution in [0.1, 0.15) is 10.4 Å². The van der Waals surface area contributed by atoms with Crippen molar-refractivity contribution in [2.75, 3.05) is 17.7 Å². The molecule has 4 nitrogen and oxygen atoms in total. The van der Waals surface area contributed by atoms with Crippen LogP contribution in [0.3, 0.4) is 0 Å². The summed E-state index contributed by atoms with van der Waals surface area (Å²) in [5, 5.41) is 0.474. The molecule has 3 rings (SSSR count). The van der Waals surface area contributed by atoms with Gasteiger partial charge in [0.15, 0.2) is 5.13 Å². The summed E-state index contributed by atoms with van der Waals surface area (Å²) >= 11 is 1.34. The van der Waals surface area contributed by atoms with E-state index in [2.05, 4.69) is 4.98 Å². The predicted molar refractivity (Wildman–Crippen MR) is 83.2 cm³/mol. The second kappa shape index (κ2) is 5.14. The van der Waals surface area contributed by atoms with Crippen LogP contribution < -0.4 is 10.6 Å². The topological polar surface area (TPSA) is 59.2 Å². The minimum Gasteiger partial charge on any atom is -0.375 e. The van der Waals surface area contributed by atoms with Crippen LogP contribution in [0.2, 0.25) is 0 Å². The van der Waals surface area contributed by atoms with Crippen LogP contribution in [0.5, 0.6) is 0 Å². The fraction of sp³-hybridized carbons (Fsp3) is 0.0667. The molecule has 0 aliphatic heterocycles. The molecule has 6 heteroatoms. The van der Waals surface area contributed by atoms with E-state index in [1.807, 2.05) is 0 Å². The van der Waals surface area contributed by atoms with Gasteiger partial charge in [0.05, 0.1) is 10.2 Å². The molecular formula is C15H12FN3OS. The van der Waals surface area contributed by atoms with Crippen molar-refractivity contribution in [3.63, 3.8) is 0 Å².